The van der Waals surface area contributed by atoms with E-state index in [1.165, 1.54) is 0 Å². The minimum absolute atomic E-state index is 0.0253. The molecule has 0 spiro atoms. The molecular formula is C16H24N2O3. The summed E-state index contributed by atoms with van der Waals surface area (Å²) in [4.78, 5) is 23.8. The lowest BCUT2D eigenvalue weighted by Crippen LogP contribution is -2.27. The van der Waals surface area contributed by atoms with Crippen molar-refractivity contribution >= 4 is 17.5 Å². The Morgan fingerprint density at radius 1 is 1.14 bits per heavy atom. The normalized spacial score (nSPS) is 10.5. The van der Waals surface area contributed by atoms with Gasteiger partial charge in [-0.25, -0.2) is 0 Å². The van der Waals surface area contributed by atoms with E-state index in [4.69, 9.17) is 4.74 Å². The third kappa shape index (κ3) is 5.55. The maximum absolute atomic E-state index is 12.0. The van der Waals surface area contributed by atoms with Crippen LogP contribution in [0, 0.1) is 5.92 Å². The zero-order chi connectivity index (χ0) is 15.7. The molecule has 1 aromatic carbocycles. The molecule has 0 aliphatic rings. The summed E-state index contributed by atoms with van der Waals surface area (Å²) in [6.07, 6.45) is 1.64. The zero-order valence-electron chi connectivity index (χ0n) is 12.9. The van der Waals surface area contributed by atoms with Crippen molar-refractivity contribution in [1.29, 1.82) is 0 Å². The monoisotopic (exact) mass is 292 g/mol. The van der Waals surface area contributed by atoms with Crippen molar-refractivity contribution in [2.24, 2.45) is 5.92 Å². The van der Waals surface area contributed by atoms with E-state index in [2.05, 4.69) is 10.6 Å². The summed E-state index contributed by atoms with van der Waals surface area (Å²) in [5, 5.41) is 5.62. The quantitative estimate of drug-likeness (QED) is 0.723. The van der Waals surface area contributed by atoms with Crippen LogP contribution < -0.4 is 10.6 Å². The minimum atomic E-state index is -0.148. The van der Waals surface area contributed by atoms with E-state index in [-0.39, 0.29) is 17.7 Å². The fourth-order valence-corrected chi connectivity index (χ4v) is 1.98. The first-order chi connectivity index (χ1) is 10.1. The predicted molar refractivity (Wildman–Crippen MR) is 83.4 cm³/mol. The van der Waals surface area contributed by atoms with Gasteiger partial charge in [0.05, 0.1) is 6.61 Å². The Balaban J connectivity index is 2.57. The van der Waals surface area contributed by atoms with Crippen molar-refractivity contribution < 1.29 is 14.3 Å². The molecule has 0 aliphatic carbocycles. The van der Waals surface area contributed by atoms with Crippen molar-refractivity contribution in [3.05, 3.63) is 29.8 Å². The summed E-state index contributed by atoms with van der Waals surface area (Å²) >= 11 is 0. The number of methoxy groups -OCH3 is 1. The van der Waals surface area contributed by atoms with Gasteiger partial charge in [-0.05, 0) is 37.1 Å². The zero-order valence-corrected chi connectivity index (χ0v) is 12.9. The molecule has 116 valence electrons. The number of hydrogen-bond donors (Lipinski definition) is 2. The first-order valence-electron chi connectivity index (χ1n) is 7.30. The molecule has 5 nitrogen and oxygen atoms in total. The molecule has 21 heavy (non-hydrogen) atoms. The molecule has 0 heterocycles. The van der Waals surface area contributed by atoms with Gasteiger partial charge in [0.1, 0.15) is 0 Å². The Labute approximate surface area is 126 Å². The molecule has 0 aromatic heterocycles. The maximum Gasteiger partial charge on any atom is 0.251 e. The van der Waals surface area contributed by atoms with Crippen LogP contribution in [0.2, 0.25) is 0 Å². The van der Waals surface area contributed by atoms with Crippen LogP contribution in [-0.2, 0) is 9.53 Å². The van der Waals surface area contributed by atoms with Gasteiger partial charge in [0.2, 0.25) is 5.91 Å². The van der Waals surface area contributed by atoms with E-state index >= 15 is 0 Å². The van der Waals surface area contributed by atoms with E-state index in [0.717, 1.165) is 12.8 Å². The van der Waals surface area contributed by atoms with E-state index in [9.17, 15) is 9.59 Å². The molecular weight excluding hydrogens is 268 g/mol. The molecule has 0 saturated heterocycles. The second kappa shape index (κ2) is 9.13. The molecule has 2 amide bonds. The average molecular weight is 292 g/mol. The molecule has 0 atom stereocenters. The number of rotatable bonds is 8. The van der Waals surface area contributed by atoms with Gasteiger partial charge < -0.3 is 15.4 Å². The highest BCUT2D eigenvalue weighted by Crippen LogP contribution is 2.14. The van der Waals surface area contributed by atoms with Gasteiger partial charge in [-0.1, -0.05) is 13.8 Å². The lowest BCUT2D eigenvalue weighted by atomic mass is 10.0. The standard InChI is InChI=1S/C16H24N2O3/c1-4-12(5-2)16(20)18-14-8-6-13(7-9-14)15(19)17-10-11-21-3/h6-9,12H,4-5,10-11H2,1-3H3,(H,17,19)(H,18,20). The second-order valence-electron chi connectivity index (χ2n) is 4.83. The van der Waals surface area contributed by atoms with Crippen molar-refractivity contribution in [1.82, 2.24) is 5.32 Å². The fourth-order valence-electron chi connectivity index (χ4n) is 1.98. The highest BCUT2D eigenvalue weighted by molar-refractivity contribution is 5.96. The number of carbonyl (C=O) groups excluding carboxylic acids is 2. The highest BCUT2D eigenvalue weighted by Gasteiger charge is 2.14. The number of hydrogen-bond acceptors (Lipinski definition) is 3. The number of benzene rings is 1. The van der Waals surface area contributed by atoms with Crippen molar-refractivity contribution in [2.75, 3.05) is 25.6 Å². The molecule has 0 bridgehead atoms. The number of nitrogens with one attached hydrogen (secondary N) is 2. The number of amides is 2. The van der Waals surface area contributed by atoms with Crippen LogP contribution >= 0.6 is 0 Å². The first kappa shape index (κ1) is 17.2. The third-order valence-corrected chi connectivity index (χ3v) is 3.36. The van der Waals surface area contributed by atoms with Gasteiger partial charge in [-0.15, -0.1) is 0 Å². The fraction of sp³-hybridized carbons (Fsp3) is 0.500. The Kier molecular flexibility index (Phi) is 7.46. The van der Waals surface area contributed by atoms with Gasteiger partial charge in [0.15, 0.2) is 0 Å². The minimum Gasteiger partial charge on any atom is -0.383 e. The average Bonchev–Trinajstić information content (AvgIpc) is 2.49. The van der Waals surface area contributed by atoms with Crippen LogP contribution in [0.5, 0.6) is 0 Å². The summed E-state index contributed by atoms with van der Waals surface area (Å²) in [6, 6.07) is 6.88. The Hall–Kier alpha value is -1.88. The highest BCUT2D eigenvalue weighted by atomic mass is 16.5. The summed E-state index contributed by atoms with van der Waals surface area (Å²) < 4.78 is 4.87. The van der Waals surface area contributed by atoms with Gasteiger partial charge in [-0.2, -0.15) is 0 Å². The van der Waals surface area contributed by atoms with Crippen molar-refractivity contribution in [3.63, 3.8) is 0 Å². The predicted octanol–water partition coefficient (Wildman–Crippen LogP) is 2.44. The largest absolute Gasteiger partial charge is 0.383 e. The van der Waals surface area contributed by atoms with E-state index in [0.29, 0.717) is 24.4 Å². The van der Waals surface area contributed by atoms with Crippen molar-refractivity contribution in [2.45, 2.75) is 26.7 Å². The first-order valence-corrected chi connectivity index (χ1v) is 7.30. The maximum atomic E-state index is 12.0. The third-order valence-electron chi connectivity index (χ3n) is 3.36. The lowest BCUT2D eigenvalue weighted by molar-refractivity contribution is -0.120. The van der Waals surface area contributed by atoms with Crippen molar-refractivity contribution in [3.8, 4) is 0 Å². The van der Waals surface area contributed by atoms with Gasteiger partial charge in [-0.3, -0.25) is 9.59 Å². The Morgan fingerprint density at radius 2 is 1.76 bits per heavy atom. The number of carbonyl (C=O) groups is 2. The molecule has 2 N–H and O–H groups in total. The Morgan fingerprint density at radius 3 is 2.29 bits per heavy atom. The number of anilines is 1. The second-order valence-corrected chi connectivity index (χ2v) is 4.83. The van der Waals surface area contributed by atoms with Crippen LogP contribution in [0.4, 0.5) is 5.69 Å². The van der Waals surface area contributed by atoms with Gasteiger partial charge in [0, 0.05) is 30.8 Å². The van der Waals surface area contributed by atoms with Crippen LogP contribution in [0.3, 0.4) is 0 Å². The van der Waals surface area contributed by atoms with Gasteiger partial charge in [0.25, 0.3) is 5.91 Å². The SMILES string of the molecule is CCC(CC)C(=O)Nc1ccc(C(=O)NCCOC)cc1. The number of ether oxygens (including phenoxy) is 1. The Bertz CT molecular complexity index is 453. The van der Waals surface area contributed by atoms with Crippen LogP contribution in [0.15, 0.2) is 24.3 Å². The molecule has 0 saturated carbocycles. The van der Waals surface area contributed by atoms with Crippen LogP contribution in [-0.4, -0.2) is 32.1 Å². The summed E-state index contributed by atoms with van der Waals surface area (Å²) in [5.41, 5.74) is 1.27. The molecule has 1 aromatic rings. The van der Waals surface area contributed by atoms with E-state index in [1.807, 2.05) is 13.8 Å². The molecule has 1 rings (SSSR count). The van der Waals surface area contributed by atoms with Gasteiger partial charge >= 0.3 is 0 Å². The lowest BCUT2D eigenvalue weighted by Gasteiger charge is -2.13. The van der Waals surface area contributed by atoms with E-state index < -0.39 is 0 Å². The van der Waals surface area contributed by atoms with Crippen LogP contribution in [0.25, 0.3) is 0 Å². The molecule has 5 heteroatoms. The molecule has 0 radical (unpaired) electrons. The molecule has 0 unspecified atom stereocenters. The molecule has 0 aliphatic heterocycles. The summed E-state index contributed by atoms with van der Waals surface area (Å²) in [7, 11) is 1.59. The van der Waals surface area contributed by atoms with E-state index in [1.54, 1.807) is 31.4 Å². The molecule has 0 fully saturated rings. The summed E-state index contributed by atoms with van der Waals surface area (Å²) in [6.45, 7) is 4.96. The van der Waals surface area contributed by atoms with Crippen LogP contribution in [0.1, 0.15) is 37.0 Å². The summed E-state index contributed by atoms with van der Waals surface area (Å²) in [5.74, 6) is -0.0933. The smallest absolute Gasteiger partial charge is 0.251 e. The topological polar surface area (TPSA) is 67.4 Å².